The summed E-state index contributed by atoms with van der Waals surface area (Å²) in [6.45, 7) is 1.55. The number of halogens is 3. The molecule has 1 atom stereocenters. The Morgan fingerprint density at radius 2 is 1.86 bits per heavy atom. The van der Waals surface area contributed by atoms with Crippen LogP contribution in [0.2, 0.25) is 0 Å². The number of carbonyl (C=O) groups excluding carboxylic acids is 2. The molecule has 0 bridgehead atoms. The van der Waals surface area contributed by atoms with Crippen molar-refractivity contribution >= 4 is 33.4 Å². The number of amides is 2. The van der Waals surface area contributed by atoms with Gasteiger partial charge in [-0.2, -0.15) is 0 Å². The third-order valence-corrected chi connectivity index (χ3v) is 4.94. The van der Waals surface area contributed by atoms with Gasteiger partial charge in [-0.15, -0.1) is 0 Å². The molecule has 2 N–H and O–H groups in total. The van der Waals surface area contributed by atoms with Crippen LogP contribution in [0.3, 0.4) is 0 Å². The van der Waals surface area contributed by atoms with E-state index in [1.54, 1.807) is 0 Å². The summed E-state index contributed by atoms with van der Waals surface area (Å²) in [5.41, 5.74) is 1.15. The Morgan fingerprint density at radius 3 is 2.59 bits per heavy atom. The van der Waals surface area contributed by atoms with Gasteiger partial charge in [-0.25, -0.2) is 8.78 Å². The zero-order valence-corrected chi connectivity index (χ0v) is 17.0. The van der Waals surface area contributed by atoms with Gasteiger partial charge in [0.15, 0.2) is 11.6 Å². The first-order valence-corrected chi connectivity index (χ1v) is 9.81. The lowest BCUT2D eigenvalue weighted by atomic mass is 10.1. The van der Waals surface area contributed by atoms with Gasteiger partial charge in [0, 0.05) is 29.3 Å². The molecule has 0 spiro atoms. The minimum Gasteiger partial charge on any atom is -0.371 e. The van der Waals surface area contributed by atoms with Crippen LogP contribution in [0, 0.1) is 11.6 Å². The highest BCUT2D eigenvalue weighted by Gasteiger charge is 2.23. The fourth-order valence-corrected chi connectivity index (χ4v) is 3.21. The molecule has 2 aromatic rings. The zero-order valence-electron chi connectivity index (χ0n) is 15.5. The molecule has 9 heteroatoms. The third kappa shape index (κ3) is 6.31. The van der Waals surface area contributed by atoms with Crippen LogP contribution in [0.4, 0.5) is 14.5 Å². The molecular weight excluding hydrogens is 448 g/mol. The summed E-state index contributed by atoms with van der Waals surface area (Å²) in [7, 11) is 0. The molecule has 2 amide bonds. The van der Waals surface area contributed by atoms with Gasteiger partial charge in [-0.3, -0.25) is 14.5 Å². The second-order valence-electron chi connectivity index (χ2n) is 6.60. The van der Waals surface area contributed by atoms with Gasteiger partial charge in [0.1, 0.15) is 0 Å². The molecule has 1 fully saturated rings. The molecule has 29 heavy (non-hydrogen) atoms. The largest absolute Gasteiger partial charge is 0.371 e. The van der Waals surface area contributed by atoms with E-state index in [9.17, 15) is 18.4 Å². The summed E-state index contributed by atoms with van der Waals surface area (Å²) in [6, 6.07) is 10.9. The van der Waals surface area contributed by atoms with E-state index in [1.165, 1.54) is 6.07 Å². The fourth-order valence-electron chi connectivity index (χ4n) is 2.94. The predicted molar refractivity (Wildman–Crippen MR) is 107 cm³/mol. The minimum atomic E-state index is -1.06. The third-order valence-electron chi connectivity index (χ3n) is 4.41. The number of nitrogens with zero attached hydrogens (tertiary/aromatic N) is 1. The van der Waals surface area contributed by atoms with Crippen LogP contribution >= 0.6 is 15.9 Å². The van der Waals surface area contributed by atoms with Crippen LogP contribution in [0.1, 0.15) is 11.7 Å². The Hall–Kier alpha value is -2.36. The molecule has 3 rings (SSSR count). The average Bonchev–Trinajstić information content (AvgIpc) is 2.70. The van der Waals surface area contributed by atoms with E-state index in [-0.39, 0.29) is 30.8 Å². The van der Waals surface area contributed by atoms with E-state index in [0.29, 0.717) is 19.7 Å². The molecule has 0 radical (unpaired) electrons. The molecule has 1 saturated heterocycles. The summed E-state index contributed by atoms with van der Waals surface area (Å²) in [6.07, 6.45) is -0.124. The number of nitrogens with one attached hydrogen (secondary N) is 2. The fraction of sp³-hybridized carbons (Fsp3) is 0.300. The number of hydrogen-bond acceptors (Lipinski definition) is 4. The number of morpholine rings is 1. The van der Waals surface area contributed by atoms with Gasteiger partial charge >= 0.3 is 0 Å². The number of carbonyl (C=O) groups is 2. The molecule has 1 heterocycles. The van der Waals surface area contributed by atoms with Crippen LogP contribution in [0.5, 0.6) is 0 Å². The average molecular weight is 468 g/mol. The summed E-state index contributed by atoms with van der Waals surface area (Å²) in [5, 5.41) is 4.93. The normalized spacial score (nSPS) is 17.0. The first kappa shape index (κ1) is 21.4. The summed E-state index contributed by atoms with van der Waals surface area (Å²) < 4.78 is 32.8. The molecule has 0 aliphatic carbocycles. The van der Waals surface area contributed by atoms with E-state index in [2.05, 4.69) is 26.6 Å². The molecule has 154 valence electrons. The molecular formula is C20H20BrF2N3O3. The van der Waals surface area contributed by atoms with E-state index in [1.807, 2.05) is 29.2 Å². The lowest BCUT2D eigenvalue weighted by Gasteiger charge is -2.32. The lowest BCUT2D eigenvalue weighted by Crippen LogP contribution is -2.45. The first-order valence-electron chi connectivity index (χ1n) is 9.02. The predicted octanol–water partition coefficient (Wildman–Crippen LogP) is 2.86. The van der Waals surface area contributed by atoms with Crippen molar-refractivity contribution in [3.05, 3.63) is 64.1 Å². The van der Waals surface area contributed by atoms with Crippen LogP contribution in [-0.4, -0.2) is 49.5 Å². The second-order valence-corrected chi connectivity index (χ2v) is 7.52. The lowest BCUT2D eigenvalue weighted by molar-refractivity contribution is -0.126. The Bertz CT molecular complexity index is 880. The second kappa shape index (κ2) is 9.91. The van der Waals surface area contributed by atoms with Crippen molar-refractivity contribution in [1.82, 2.24) is 10.2 Å². The van der Waals surface area contributed by atoms with Crippen molar-refractivity contribution in [3.8, 4) is 0 Å². The van der Waals surface area contributed by atoms with Crippen LogP contribution in [0.25, 0.3) is 0 Å². The topological polar surface area (TPSA) is 70.7 Å². The van der Waals surface area contributed by atoms with Crippen molar-refractivity contribution in [2.24, 2.45) is 0 Å². The standard InChI is InChI=1S/C20H20BrF2N3O3/c21-14-3-1-13(2-4-14)18-11-26(7-8-29-18)12-20(28)24-10-19(27)25-15-5-6-16(22)17(23)9-15/h1-6,9,18H,7-8,10-12H2,(H,24,28)(H,25,27). The maximum absolute atomic E-state index is 13.2. The number of benzene rings is 2. The SMILES string of the molecule is O=C(CN1CCOC(c2ccc(Br)cc2)C1)NCC(=O)Nc1ccc(F)c(F)c1. The van der Waals surface area contributed by atoms with Crippen molar-refractivity contribution in [1.29, 1.82) is 0 Å². The van der Waals surface area contributed by atoms with Gasteiger partial charge in [-0.1, -0.05) is 28.1 Å². The van der Waals surface area contributed by atoms with E-state index in [4.69, 9.17) is 4.74 Å². The summed E-state index contributed by atoms with van der Waals surface area (Å²) >= 11 is 3.40. The number of anilines is 1. The minimum absolute atomic E-state index is 0.119. The summed E-state index contributed by atoms with van der Waals surface area (Å²) in [5.74, 6) is -2.89. The highest BCUT2D eigenvalue weighted by Crippen LogP contribution is 2.23. The zero-order chi connectivity index (χ0) is 20.8. The van der Waals surface area contributed by atoms with Crippen molar-refractivity contribution < 1.29 is 23.1 Å². The van der Waals surface area contributed by atoms with Gasteiger partial charge < -0.3 is 15.4 Å². The Morgan fingerprint density at radius 1 is 1.10 bits per heavy atom. The number of hydrogen-bond donors (Lipinski definition) is 2. The first-order chi connectivity index (χ1) is 13.9. The monoisotopic (exact) mass is 467 g/mol. The van der Waals surface area contributed by atoms with Crippen molar-refractivity contribution in [3.63, 3.8) is 0 Å². The smallest absolute Gasteiger partial charge is 0.243 e. The Labute approximate surface area is 175 Å². The molecule has 1 unspecified atom stereocenters. The molecule has 1 aliphatic heterocycles. The van der Waals surface area contributed by atoms with E-state index >= 15 is 0 Å². The van der Waals surface area contributed by atoms with Crippen LogP contribution in [0.15, 0.2) is 46.9 Å². The van der Waals surface area contributed by atoms with Crippen molar-refractivity contribution in [2.75, 3.05) is 38.1 Å². The molecule has 0 saturated carbocycles. The quantitative estimate of drug-likeness (QED) is 0.685. The van der Waals surface area contributed by atoms with E-state index < -0.39 is 17.5 Å². The molecule has 1 aliphatic rings. The molecule has 0 aromatic heterocycles. The Balaban J connectivity index is 1.44. The van der Waals surface area contributed by atoms with E-state index in [0.717, 1.165) is 22.2 Å². The van der Waals surface area contributed by atoms with Gasteiger partial charge in [0.25, 0.3) is 0 Å². The van der Waals surface area contributed by atoms with Crippen LogP contribution < -0.4 is 10.6 Å². The van der Waals surface area contributed by atoms with Crippen molar-refractivity contribution in [2.45, 2.75) is 6.10 Å². The maximum atomic E-state index is 13.2. The van der Waals surface area contributed by atoms with Gasteiger partial charge in [0.2, 0.25) is 11.8 Å². The van der Waals surface area contributed by atoms with Gasteiger partial charge in [0.05, 0.1) is 25.8 Å². The maximum Gasteiger partial charge on any atom is 0.243 e. The highest BCUT2D eigenvalue weighted by atomic mass is 79.9. The molecule has 2 aromatic carbocycles. The Kier molecular flexibility index (Phi) is 7.29. The molecule has 6 nitrogen and oxygen atoms in total. The van der Waals surface area contributed by atoms with Crippen LogP contribution in [-0.2, 0) is 14.3 Å². The number of ether oxygens (including phenoxy) is 1. The number of rotatable bonds is 6. The summed E-state index contributed by atoms with van der Waals surface area (Å²) in [4.78, 5) is 26.0. The highest BCUT2D eigenvalue weighted by molar-refractivity contribution is 9.10. The van der Waals surface area contributed by atoms with Gasteiger partial charge in [-0.05, 0) is 29.8 Å².